The van der Waals surface area contributed by atoms with Gasteiger partial charge in [-0.05, 0) is 32.3 Å². The number of hydrogen-bond donors (Lipinski definition) is 0. The maximum atomic E-state index is 12.9. The van der Waals surface area contributed by atoms with Crippen LogP contribution < -0.4 is 0 Å². The number of carbonyl (C=O) groups is 2. The van der Waals surface area contributed by atoms with Gasteiger partial charge in [-0.25, -0.2) is 0 Å². The van der Waals surface area contributed by atoms with Crippen LogP contribution in [0.4, 0.5) is 0 Å². The summed E-state index contributed by atoms with van der Waals surface area (Å²) in [6, 6.07) is 9.03. The highest BCUT2D eigenvalue weighted by Crippen LogP contribution is 2.30. The maximum absolute atomic E-state index is 12.9. The zero-order chi connectivity index (χ0) is 21.4. The molecule has 0 fully saturated rings. The number of hydrogen-bond acceptors (Lipinski definition) is 4. The van der Waals surface area contributed by atoms with E-state index in [9.17, 15) is 9.59 Å². The van der Waals surface area contributed by atoms with Gasteiger partial charge in [0.1, 0.15) is 0 Å². The molecule has 0 heterocycles. The Balaban J connectivity index is 2.82. The van der Waals surface area contributed by atoms with Crippen molar-refractivity contribution in [1.82, 2.24) is 0 Å². The molecular formula is C25H38O4. The molecule has 0 aliphatic carbocycles. The molecule has 0 aromatic heterocycles. The topological polar surface area (TPSA) is 52.6 Å². The zero-order valence-corrected chi connectivity index (χ0v) is 18.5. The van der Waals surface area contributed by atoms with E-state index in [0.717, 1.165) is 19.3 Å². The van der Waals surface area contributed by atoms with Crippen molar-refractivity contribution in [3.8, 4) is 0 Å². The number of rotatable bonds is 15. The normalized spacial score (nSPS) is 11.6. The second kappa shape index (κ2) is 14.8. The van der Waals surface area contributed by atoms with Crippen LogP contribution in [0.5, 0.6) is 0 Å². The number of unbranched alkanes of at least 4 members (excludes halogenated alkanes) is 8. The van der Waals surface area contributed by atoms with Crippen molar-refractivity contribution in [2.45, 2.75) is 84.0 Å². The summed E-state index contributed by atoms with van der Waals surface area (Å²) in [5.74, 6) is -1.17. The van der Waals surface area contributed by atoms with E-state index in [-0.39, 0.29) is 13.2 Å². The third-order valence-electron chi connectivity index (χ3n) is 5.02. The molecule has 0 radical (unpaired) electrons. The lowest BCUT2D eigenvalue weighted by atomic mass is 9.79. The minimum Gasteiger partial charge on any atom is -0.465 e. The predicted octanol–water partition coefficient (Wildman–Crippen LogP) is 6.14. The van der Waals surface area contributed by atoms with E-state index >= 15 is 0 Å². The summed E-state index contributed by atoms with van der Waals surface area (Å²) in [6.07, 6.45) is 14.4. The first kappa shape index (κ1) is 24.9. The van der Waals surface area contributed by atoms with Crippen LogP contribution >= 0.6 is 0 Å². The highest BCUT2D eigenvalue weighted by molar-refractivity contribution is 6.08. The number of ether oxygens (including phenoxy) is 2. The van der Waals surface area contributed by atoms with Crippen LogP contribution in [0.15, 0.2) is 42.5 Å². The lowest BCUT2D eigenvalue weighted by Crippen LogP contribution is -2.44. The minimum absolute atomic E-state index is 0.207. The van der Waals surface area contributed by atoms with E-state index in [1.54, 1.807) is 32.1 Å². The van der Waals surface area contributed by atoms with Gasteiger partial charge < -0.3 is 9.47 Å². The standard InChI is InChI=1S/C25H38O4/c1-4-7-8-9-10-11-12-13-14-18-21-25(23(26)28-5-2,24(27)29-6-3)22-19-16-15-17-20-22/h15-21H,4-14H2,1-3H3/b21-18+. The van der Waals surface area contributed by atoms with Gasteiger partial charge in [-0.3, -0.25) is 9.59 Å². The molecule has 0 saturated carbocycles. The summed E-state index contributed by atoms with van der Waals surface area (Å²) < 4.78 is 10.6. The van der Waals surface area contributed by atoms with Gasteiger partial charge in [-0.2, -0.15) is 0 Å². The summed E-state index contributed by atoms with van der Waals surface area (Å²) in [6.45, 7) is 6.12. The van der Waals surface area contributed by atoms with Gasteiger partial charge in [0.25, 0.3) is 0 Å². The second-order valence-electron chi connectivity index (χ2n) is 7.28. The Morgan fingerprint density at radius 3 is 1.83 bits per heavy atom. The number of esters is 2. The average Bonchev–Trinajstić information content (AvgIpc) is 2.73. The van der Waals surface area contributed by atoms with Gasteiger partial charge in [-0.15, -0.1) is 0 Å². The van der Waals surface area contributed by atoms with Crippen molar-refractivity contribution in [1.29, 1.82) is 0 Å². The lowest BCUT2D eigenvalue weighted by Gasteiger charge is -2.26. The van der Waals surface area contributed by atoms with Crippen molar-refractivity contribution in [3.05, 3.63) is 48.0 Å². The Hall–Kier alpha value is -2.10. The fraction of sp³-hybridized carbons (Fsp3) is 0.600. The molecule has 1 rings (SSSR count). The number of benzene rings is 1. The van der Waals surface area contributed by atoms with Crippen LogP contribution in [0.2, 0.25) is 0 Å². The quantitative estimate of drug-likeness (QED) is 0.153. The summed E-state index contributed by atoms with van der Waals surface area (Å²) >= 11 is 0. The van der Waals surface area contributed by atoms with Crippen molar-refractivity contribution >= 4 is 11.9 Å². The third kappa shape index (κ3) is 8.04. The van der Waals surface area contributed by atoms with Crippen LogP contribution in [0, 0.1) is 0 Å². The van der Waals surface area contributed by atoms with Crippen LogP contribution in [-0.4, -0.2) is 25.2 Å². The molecule has 29 heavy (non-hydrogen) atoms. The van der Waals surface area contributed by atoms with Crippen LogP contribution in [0.25, 0.3) is 0 Å². The first-order valence-electron chi connectivity index (χ1n) is 11.2. The van der Waals surface area contributed by atoms with Gasteiger partial charge in [0, 0.05) is 0 Å². The summed E-state index contributed by atoms with van der Waals surface area (Å²) in [5.41, 5.74) is -0.975. The van der Waals surface area contributed by atoms with E-state index in [1.165, 1.54) is 38.5 Å². The zero-order valence-electron chi connectivity index (χ0n) is 18.5. The Bertz CT molecular complexity index is 589. The Morgan fingerprint density at radius 1 is 0.793 bits per heavy atom. The average molecular weight is 403 g/mol. The number of allylic oxidation sites excluding steroid dienone is 1. The molecule has 1 aromatic rings. The van der Waals surface area contributed by atoms with Crippen molar-refractivity contribution in [2.75, 3.05) is 13.2 Å². The third-order valence-corrected chi connectivity index (χ3v) is 5.02. The highest BCUT2D eigenvalue weighted by atomic mass is 16.6. The van der Waals surface area contributed by atoms with E-state index < -0.39 is 17.4 Å². The Morgan fingerprint density at radius 2 is 1.31 bits per heavy atom. The largest absolute Gasteiger partial charge is 0.465 e. The molecule has 0 saturated heterocycles. The molecule has 0 aliphatic heterocycles. The van der Waals surface area contributed by atoms with Crippen molar-refractivity contribution in [2.24, 2.45) is 0 Å². The smallest absolute Gasteiger partial charge is 0.332 e. The van der Waals surface area contributed by atoms with Gasteiger partial charge in [0.2, 0.25) is 5.41 Å². The fourth-order valence-corrected chi connectivity index (χ4v) is 3.40. The Kier molecular flexibility index (Phi) is 12.8. The molecule has 0 bridgehead atoms. The molecule has 0 atom stereocenters. The molecule has 0 N–H and O–H groups in total. The van der Waals surface area contributed by atoms with E-state index in [4.69, 9.17) is 9.47 Å². The molecule has 0 spiro atoms. The molecule has 4 nitrogen and oxygen atoms in total. The highest BCUT2D eigenvalue weighted by Gasteiger charge is 2.48. The summed E-state index contributed by atoms with van der Waals surface area (Å²) in [5, 5.41) is 0. The molecule has 1 aromatic carbocycles. The van der Waals surface area contributed by atoms with E-state index in [2.05, 4.69) is 6.92 Å². The first-order chi connectivity index (χ1) is 14.1. The molecular weight excluding hydrogens is 364 g/mol. The molecule has 162 valence electrons. The van der Waals surface area contributed by atoms with E-state index in [0.29, 0.717) is 5.56 Å². The SMILES string of the molecule is CCCCCCCCCC/C=C/C(C(=O)OCC)(C(=O)OCC)c1ccccc1. The first-order valence-corrected chi connectivity index (χ1v) is 11.2. The van der Waals surface area contributed by atoms with Gasteiger partial charge in [-0.1, -0.05) is 94.4 Å². The fourth-order valence-electron chi connectivity index (χ4n) is 3.40. The van der Waals surface area contributed by atoms with E-state index in [1.807, 2.05) is 24.3 Å². The van der Waals surface area contributed by atoms with Crippen LogP contribution in [0.3, 0.4) is 0 Å². The van der Waals surface area contributed by atoms with Gasteiger partial charge in [0.15, 0.2) is 0 Å². The molecule has 0 unspecified atom stereocenters. The molecule has 4 heteroatoms. The summed E-state index contributed by atoms with van der Waals surface area (Å²) in [4.78, 5) is 25.8. The minimum atomic E-state index is -1.55. The maximum Gasteiger partial charge on any atom is 0.332 e. The lowest BCUT2D eigenvalue weighted by molar-refractivity contribution is -0.161. The second-order valence-corrected chi connectivity index (χ2v) is 7.28. The molecule has 0 aliphatic rings. The van der Waals surface area contributed by atoms with Crippen LogP contribution in [0.1, 0.15) is 84.1 Å². The summed E-state index contributed by atoms with van der Waals surface area (Å²) in [7, 11) is 0. The van der Waals surface area contributed by atoms with Crippen molar-refractivity contribution < 1.29 is 19.1 Å². The molecule has 0 amide bonds. The van der Waals surface area contributed by atoms with Crippen LogP contribution in [-0.2, 0) is 24.5 Å². The Labute approximate surface area is 176 Å². The monoisotopic (exact) mass is 402 g/mol. The van der Waals surface area contributed by atoms with Crippen molar-refractivity contribution in [3.63, 3.8) is 0 Å². The van der Waals surface area contributed by atoms with Gasteiger partial charge in [0.05, 0.1) is 13.2 Å². The predicted molar refractivity (Wildman–Crippen MR) is 118 cm³/mol. The number of carbonyl (C=O) groups excluding carboxylic acids is 2. The van der Waals surface area contributed by atoms with Gasteiger partial charge >= 0.3 is 11.9 Å².